The molecule has 0 aliphatic carbocycles. The summed E-state index contributed by atoms with van der Waals surface area (Å²) >= 11 is 0. The number of ether oxygens (including phenoxy) is 10. The Labute approximate surface area is 406 Å². The quantitative estimate of drug-likeness (QED) is 0.0523. The van der Waals surface area contributed by atoms with Gasteiger partial charge >= 0.3 is 17.2 Å². The average Bonchev–Trinajstić information content (AvgIpc) is 4.27. The summed E-state index contributed by atoms with van der Waals surface area (Å²) in [6, 6.07) is 38.7. The minimum atomic E-state index is -2.44. The molecule has 0 amide bonds. The number of hydrogen-bond acceptors (Lipinski definition) is 17. The molecule has 0 aromatic heterocycles. The van der Waals surface area contributed by atoms with Gasteiger partial charge in [-0.3, -0.25) is 4.79 Å². The molecule has 0 bridgehead atoms. The maximum atomic E-state index is 15.3. The highest BCUT2D eigenvalue weighted by atomic mass is 31.2. The van der Waals surface area contributed by atoms with Crippen LogP contribution in [0.4, 0.5) is 0 Å². The molecule has 6 aromatic carbocycles. The molecule has 0 radical (unpaired) electrons. The molecule has 4 saturated heterocycles. The number of carbonyl (C=O) groups is 1. The first-order valence-corrected chi connectivity index (χ1v) is 24.6. The fourth-order valence-corrected chi connectivity index (χ4v) is 9.86. The van der Waals surface area contributed by atoms with E-state index in [1.165, 1.54) is 14.2 Å². The SMILES string of the molecule is COc1ccc(C(=O)c2ccc(OC)cc2OP(Oc2ccccc2C2OCCO2)Oc2ccccc2C2OCCO2)c(OP(Oc2ccccc2C2OCCO2)Oc2ccccc2C2OCCO2)c1. The van der Waals surface area contributed by atoms with Gasteiger partial charge in [0.1, 0.15) is 46.0 Å². The van der Waals surface area contributed by atoms with Gasteiger partial charge in [0, 0.05) is 12.1 Å². The van der Waals surface area contributed by atoms with Crippen LogP contribution in [0.1, 0.15) is 63.3 Å². The lowest BCUT2D eigenvalue weighted by Crippen LogP contribution is -2.12. The van der Waals surface area contributed by atoms with Crippen LogP contribution in [0.25, 0.3) is 0 Å². The second-order valence-electron chi connectivity index (χ2n) is 15.5. The van der Waals surface area contributed by atoms with E-state index in [4.69, 9.17) is 74.5 Å². The third kappa shape index (κ3) is 11.1. The third-order valence-electron chi connectivity index (χ3n) is 11.1. The van der Waals surface area contributed by atoms with E-state index in [2.05, 4.69) is 0 Å². The zero-order valence-corrected chi connectivity index (χ0v) is 39.8. The predicted molar refractivity (Wildman–Crippen MR) is 251 cm³/mol. The van der Waals surface area contributed by atoms with E-state index in [0.717, 1.165) is 0 Å². The zero-order chi connectivity index (χ0) is 47.7. The summed E-state index contributed by atoms with van der Waals surface area (Å²) in [5, 5.41) is 0. The summed E-state index contributed by atoms with van der Waals surface area (Å²) in [5.41, 5.74) is 2.69. The van der Waals surface area contributed by atoms with Crippen LogP contribution in [-0.4, -0.2) is 72.9 Å². The Kier molecular flexibility index (Phi) is 15.5. The van der Waals surface area contributed by atoms with Gasteiger partial charge in [-0.1, -0.05) is 72.8 Å². The minimum absolute atomic E-state index is 0.0691. The van der Waals surface area contributed by atoms with Crippen molar-refractivity contribution in [3.8, 4) is 46.0 Å². The van der Waals surface area contributed by atoms with Crippen LogP contribution in [0.15, 0.2) is 133 Å². The molecule has 19 heteroatoms. The number of methoxy groups -OCH3 is 2. The summed E-state index contributed by atoms with van der Waals surface area (Å²) in [6.07, 6.45) is -2.73. The first-order chi connectivity index (χ1) is 34.5. The molecule has 4 heterocycles. The molecule has 0 unspecified atom stereocenters. The third-order valence-corrected chi connectivity index (χ3v) is 13.2. The van der Waals surface area contributed by atoms with Crippen LogP contribution in [0.5, 0.6) is 46.0 Å². The first-order valence-electron chi connectivity index (χ1n) is 22.4. The lowest BCUT2D eigenvalue weighted by molar-refractivity contribution is -0.0456. The van der Waals surface area contributed by atoms with Gasteiger partial charge in [-0.2, -0.15) is 0 Å². The molecule has 0 N–H and O–H groups in total. The molecular formula is C51H48O17P2. The molecule has 6 aromatic rings. The van der Waals surface area contributed by atoms with Gasteiger partial charge in [-0.15, -0.1) is 0 Å². The molecule has 10 rings (SSSR count). The van der Waals surface area contributed by atoms with E-state index >= 15 is 4.79 Å². The minimum Gasteiger partial charge on any atom is -0.497 e. The van der Waals surface area contributed by atoms with Crippen molar-refractivity contribution in [2.75, 3.05) is 67.1 Å². The Balaban J connectivity index is 1.01. The van der Waals surface area contributed by atoms with E-state index in [9.17, 15) is 0 Å². The van der Waals surface area contributed by atoms with E-state index in [1.54, 1.807) is 60.7 Å². The van der Waals surface area contributed by atoms with Crippen molar-refractivity contribution >= 4 is 23.0 Å². The molecule has 0 atom stereocenters. The van der Waals surface area contributed by atoms with Crippen molar-refractivity contribution in [1.82, 2.24) is 0 Å². The van der Waals surface area contributed by atoms with E-state index in [1.807, 2.05) is 72.8 Å². The summed E-state index contributed by atoms with van der Waals surface area (Å²) in [7, 11) is -1.86. The Morgan fingerprint density at radius 1 is 0.371 bits per heavy atom. The van der Waals surface area contributed by atoms with Crippen LogP contribution in [-0.2, 0) is 37.9 Å². The van der Waals surface area contributed by atoms with E-state index in [0.29, 0.717) is 110 Å². The van der Waals surface area contributed by atoms with Crippen LogP contribution in [0, 0.1) is 0 Å². The van der Waals surface area contributed by atoms with Gasteiger partial charge in [-0.05, 0) is 48.5 Å². The van der Waals surface area contributed by atoms with Crippen molar-refractivity contribution < 1.29 is 79.3 Å². The molecule has 70 heavy (non-hydrogen) atoms. The second-order valence-corrected chi connectivity index (χ2v) is 17.5. The van der Waals surface area contributed by atoms with Gasteiger partial charge in [0.05, 0.1) is 100 Å². The Bertz CT molecular complexity index is 2410. The lowest BCUT2D eigenvalue weighted by atomic mass is 10.0. The van der Waals surface area contributed by atoms with Crippen molar-refractivity contribution in [3.63, 3.8) is 0 Å². The number of ketones is 1. The first kappa shape index (κ1) is 47.6. The van der Waals surface area contributed by atoms with Crippen molar-refractivity contribution in [3.05, 3.63) is 167 Å². The number of hydrogen-bond donors (Lipinski definition) is 0. The summed E-state index contributed by atoms with van der Waals surface area (Å²) in [5.74, 6) is 1.91. The molecule has 4 fully saturated rings. The standard InChI is InChI=1S/C51H48O17P2/c1-53-33-19-21-35(45(31-33)67-69(63-41-15-7-3-11-37(41)48-55-23-24-56-48)64-42-16-8-4-12-38(42)49-57-25-26-58-49)47(52)36-22-20-34(54-2)32-46(36)68-70(65-43-17-9-5-13-39(43)50-59-27-28-60-50)66-44-18-10-6-14-40(44)51-61-29-30-62-51/h3-22,31-32,48-51H,23-30H2,1-2H3. The van der Waals surface area contributed by atoms with Crippen molar-refractivity contribution in [1.29, 1.82) is 0 Å². The highest BCUT2D eigenvalue weighted by Crippen LogP contribution is 2.51. The normalized spacial score (nSPS) is 16.7. The molecule has 4 aliphatic rings. The van der Waals surface area contributed by atoms with Crippen LogP contribution in [0.3, 0.4) is 0 Å². The second kappa shape index (κ2) is 22.8. The van der Waals surface area contributed by atoms with Gasteiger partial charge < -0.3 is 74.5 Å². The largest absolute Gasteiger partial charge is 0.530 e. The molecule has 364 valence electrons. The Morgan fingerprint density at radius 2 is 0.629 bits per heavy atom. The van der Waals surface area contributed by atoms with Crippen LogP contribution >= 0.6 is 17.2 Å². The van der Waals surface area contributed by atoms with Gasteiger partial charge in [0.25, 0.3) is 0 Å². The Morgan fingerprint density at radius 3 is 0.900 bits per heavy atom. The summed E-state index contributed by atoms with van der Waals surface area (Å²) in [4.78, 5) is 15.3. The summed E-state index contributed by atoms with van der Waals surface area (Å²) < 4.78 is 98.2. The zero-order valence-electron chi connectivity index (χ0n) is 38.0. The van der Waals surface area contributed by atoms with Crippen LogP contribution < -0.4 is 36.6 Å². The highest BCUT2D eigenvalue weighted by Gasteiger charge is 2.34. The topological polar surface area (TPSA) is 165 Å². The van der Waals surface area contributed by atoms with Crippen LogP contribution in [0.2, 0.25) is 0 Å². The highest BCUT2D eigenvalue weighted by molar-refractivity contribution is 7.43. The van der Waals surface area contributed by atoms with E-state index in [-0.39, 0.29) is 22.6 Å². The van der Waals surface area contributed by atoms with Gasteiger partial charge in [0.2, 0.25) is 5.78 Å². The molecular weight excluding hydrogens is 946 g/mol. The Hall–Kier alpha value is -6.07. The average molecular weight is 995 g/mol. The van der Waals surface area contributed by atoms with Crippen molar-refractivity contribution in [2.24, 2.45) is 0 Å². The molecule has 0 saturated carbocycles. The molecule has 4 aliphatic heterocycles. The number of benzene rings is 6. The molecule has 17 nitrogen and oxygen atoms in total. The smallest absolute Gasteiger partial charge is 0.497 e. The predicted octanol–water partition coefficient (Wildman–Crippen LogP) is 10.6. The van der Waals surface area contributed by atoms with Crippen molar-refractivity contribution in [2.45, 2.75) is 25.2 Å². The molecule has 0 spiro atoms. The number of rotatable bonds is 20. The monoisotopic (exact) mass is 994 g/mol. The fraction of sp³-hybridized carbons (Fsp3) is 0.275. The maximum absolute atomic E-state index is 15.3. The van der Waals surface area contributed by atoms with Gasteiger partial charge in [0.15, 0.2) is 25.2 Å². The van der Waals surface area contributed by atoms with E-state index < -0.39 is 48.1 Å². The fourth-order valence-electron chi connectivity index (χ4n) is 7.71. The van der Waals surface area contributed by atoms with Gasteiger partial charge in [-0.25, -0.2) is 0 Å². The maximum Gasteiger partial charge on any atom is 0.530 e. The summed E-state index contributed by atoms with van der Waals surface area (Å²) in [6.45, 7) is 3.31. The lowest BCUT2D eigenvalue weighted by Gasteiger charge is -2.24. The number of para-hydroxylation sites is 4. The number of carbonyl (C=O) groups excluding carboxylic acids is 1.